The lowest BCUT2D eigenvalue weighted by molar-refractivity contribution is -0.119. The lowest BCUT2D eigenvalue weighted by Crippen LogP contribution is -2.29. The molecule has 2 aromatic carbocycles. The third-order valence-electron chi connectivity index (χ3n) is 4.89. The number of carbonyl (C=O) groups is 2. The van der Waals surface area contributed by atoms with Crippen LogP contribution in [-0.4, -0.2) is 24.0 Å². The van der Waals surface area contributed by atoms with Crippen LogP contribution in [0.5, 0.6) is 0 Å². The summed E-state index contributed by atoms with van der Waals surface area (Å²) < 4.78 is 0. The van der Waals surface area contributed by atoms with Crippen LogP contribution in [0.4, 0.5) is 5.69 Å². The number of nitrogens with zero attached hydrogens (tertiary/aromatic N) is 1. The van der Waals surface area contributed by atoms with E-state index in [1.165, 1.54) is 27.7 Å². The summed E-state index contributed by atoms with van der Waals surface area (Å²) in [6.07, 6.45) is 0.820. The van der Waals surface area contributed by atoms with Crippen LogP contribution in [-0.2, 0) is 4.79 Å². The van der Waals surface area contributed by atoms with Crippen molar-refractivity contribution in [2.75, 3.05) is 11.9 Å². The van der Waals surface area contributed by atoms with Gasteiger partial charge in [0.05, 0.1) is 11.3 Å². The number of hydrogen-bond donors (Lipinski definition) is 1. The summed E-state index contributed by atoms with van der Waals surface area (Å²) in [5.74, 6) is -0.881. The van der Waals surface area contributed by atoms with Crippen molar-refractivity contribution in [1.29, 1.82) is 0 Å². The van der Waals surface area contributed by atoms with Gasteiger partial charge in [-0.2, -0.15) is 0 Å². The number of benzene rings is 2. The molecule has 1 aliphatic rings. The first kappa shape index (κ1) is 16.2. The maximum absolute atomic E-state index is 12.7. The predicted molar refractivity (Wildman–Crippen MR) is 93.6 cm³/mol. The van der Waals surface area contributed by atoms with Crippen molar-refractivity contribution >= 4 is 17.6 Å². The number of hydrogen-bond acceptors (Lipinski definition) is 2. The molecule has 1 saturated carbocycles. The van der Waals surface area contributed by atoms with Crippen LogP contribution in [0.1, 0.15) is 39.4 Å². The quantitative estimate of drug-likeness (QED) is 0.932. The second-order valence-corrected chi connectivity index (χ2v) is 6.51. The summed E-state index contributed by atoms with van der Waals surface area (Å²) >= 11 is 0. The smallest absolute Gasteiger partial charge is 0.337 e. The van der Waals surface area contributed by atoms with Crippen LogP contribution >= 0.6 is 0 Å². The lowest BCUT2D eigenvalue weighted by Gasteiger charge is -2.19. The zero-order valence-electron chi connectivity index (χ0n) is 14.1. The van der Waals surface area contributed by atoms with Crippen LogP contribution in [0.2, 0.25) is 0 Å². The fourth-order valence-electron chi connectivity index (χ4n) is 3.15. The Labute approximate surface area is 141 Å². The monoisotopic (exact) mass is 323 g/mol. The molecule has 0 spiro atoms. The summed E-state index contributed by atoms with van der Waals surface area (Å²) in [4.78, 5) is 25.6. The van der Waals surface area contributed by atoms with Crippen LogP contribution in [0.3, 0.4) is 0 Å². The van der Waals surface area contributed by atoms with Crippen molar-refractivity contribution in [2.24, 2.45) is 5.92 Å². The van der Waals surface area contributed by atoms with Gasteiger partial charge in [-0.25, -0.2) is 4.79 Å². The fraction of sp³-hybridized carbons (Fsp3) is 0.300. The summed E-state index contributed by atoms with van der Waals surface area (Å²) in [6.45, 7) is 4.15. The predicted octanol–water partition coefficient (Wildman–Crippen LogP) is 3.77. The number of carbonyl (C=O) groups excluding carboxylic acids is 1. The zero-order valence-corrected chi connectivity index (χ0v) is 14.1. The maximum atomic E-state index is 12.7. The number of carboxylic acids is 1. The first-order valence-corrected chi connectivity index (χ1v) is 8.07. The molecule has 24 heavy (non-hydrogen) atoms. The average Bonchev–Trinajstić information content (AvgIpc) is 3.36. The number of anilines is 1. The Hall–Kier alpha value is -2.62. The van der Waals surface area contributed by atoms with Gasteiger partial charge in [-0.3, -0.25) is 4.79 Å². The van der Waals surface area contributed by atoms with E-state index in [4.69, 9.17) is 0 Å². The molecule has 0 heterocycles. The molecule has 0 aliphatic heterocycles. The minimum atomic E-state index is -1.02. The van der Waals surface area contributed by atoms with Gasteiger partial charge in [0.2, 0.25) is 5.91 Å². The van der Waals surface area contributed by atoms with Crippen molar-refractivity contribution in [2.45, 2.75) is 26.2 Å². The Morgan fingerprint density at radius 1 is 1.08 bits per heavy atom. The van der Waals surface area contributed by atoms with E-state index in [0.717, 1.165) is 6.42 Å². The van der Waals surface area contributed by atoms with E-state index in [1.807, 2.05) is 0 Å². The van der Waals surface area contributed by atoms with Crippen LogP contribution in [0.25, 0.3) is 0 Å². The van der Waals surface area contributed by atoms with Gasteiger partial charge >= 0.3 is 5.97 Å². The number of carboxylic acid groups (broad SMARTS) is 1. The van der Waals surface area contributed by atoms with E-state index >= 15 is 0 Å². The number of aryl methyl sites for hydroxylation is 2. The van der Waals surface area contributed by atoms with Crippen LogP contribution in [0.15, 0.2) is 42.5 Å². The number of rotatable bonds is 4. The van der Waals surface area contributed by atoms with Gasteiger partial charge in [-0.1, -0.05) is 30.3 Å². The summed E-state index contributed by atoms with van der Waals surface area (Å²) in [6, 6.07) is 12.9. The van der Waals surface area contributed by atoms with Crippen LogP contribution in [0, 0.1) is 19.8 Å². The topological polar surface area (TPSA) is 57.6 Å². The van der Waals surface area contributed by atoms with Crippen molar-refractivity contribution in [3.63, 3.8) is 0 Å². The molecule has 2 unspecified atom stereocenters. The summed E-state index contributed by atoms with van der Waals surface area (Å²) in [5, 5.41) is 9.30. The molecule has 2 atom stereocenters. The largest absolute Gasteiger partial charge is 0.478 e. The highest BCUT2D eigenvalue weighted by Gasteiger charge is 2.45. The maximum Gasteiger partial charge on any atom is 0.337 e. The number of para-hydroxylation sites is 1. The van der Waals surface area contributed by atoms with Gasteiger partial charge in [-0.05, 0) is 55.0 Å². The molecule has 0 bridgehead atoms. The molecule has 0 saturated heterocycles. The standard InChI is InChI=1S/C20H21NO3/c1-12-8-9-14(10-13(12)2)16-11-17(16)19(22)21(3)18-7-5-4-6-15(18)20(23)24/h4-10,16-17H,11H2,1-3H3,(H,23,24). The Bertz CT molecular complexity index is 812. The van der Waals surface area contributed by atoms with Crippen molar-refractivity contribution in [1.82, 2.24) is 0 Å². The summed E-state index contributed by atoms with van der Waals surface area (Å²) in [5.41, 5.74) is 4.26. The fourth-order valence-corrected chi connectivity index (χ4v) is 3.15. The highest BCUT2D eigenvalue weighted by molar-refractivity contribution is 6.03. The lowest BCUT2D eigenvalue weighted by atomic mass is 10.0. The van der Waals surface area contributed by atoms with Crippen molar-refractivity contribution in [3.8, 4) is 0 Å². The van der Waals surface area contributed by atoms with Gasteiger partial charge in [-0.15, -0.1) is 0 Å². The van der Waals surface area contributed by atoms with E-state index in [-0.39, 0.29) is 23.3 Å². The molecule has 3 rings (SSSR count). The second-order valence-electron chi connectivity index (χ2n) is 6.51. The van der Waals surface area contributed by atoms with E-state index < -0.39 is 5.97 Å². The second kappa shape index (κ2) is 6.11. The average molecular weight is 323 g/mol. The van der Waals surface area contributed by atoms with E-state index in [1.54, 1.807) is 25.2 Å². The Morgan fingerprint density at radius 3 is 2.46 bits per heavy atom. The molecular formula is C20H21NO3. The molecule has 1 N–H and O–H groups in total. The highest BCUT2D eigenvalue weighted by Crippen LogP contribution is 2.49. The molecule has 0 radical (unpaired) electrons. The van der Waals surface area contributed by atoms with Gasteiger partial charge in [0.15, 0.2) is 0 Å². The SMILES string of the molecule is Cc1ccc(C2CC2C(=O)N(C)c2ccccc2C(=O)O)cc1C. The van der Waals surface area contributed by atoms with Crippen LogP contribution < -0.4 is 4.90 Å². The third kappa shape index (κ3) is 2.92. The number of aromatic carboxylic acids is 1. The van der Waals surface area contributed by atoms with E-state index in [9.17, 15) is 14.7 Å². The van der Waals surface area contributed by atoms with Gasteiger partial charge in [0.1, 0.15) is 0 Å². The third-order valence-corrected chi connectivity index (χ3v) is 4.89. The highest BCUT2D eigenvalue weighted by atomic mass is 16.4. The first-order valence-electron chi connectivity index (χ1n) is 8.07. The van der Waals surface area contributed by atoms with E-state index in [0.29, 0.717) is 5.69 Å². The Morgan fingerprint density at radius 2 is 1.79 bits per heavy atom. The molecular weight excluding hydrogens is 302 g/mol. The molecule has 1 fully saturated rings. The molecule has 1 amide bonds. The minimum absolute atomic E-state index is 0.0214. The molecule has 124 valence electrons. The number of amides is 1. The van der Waals surface area contributed by atoms with Crippen molar-refractivity contribution in [3.05, 3.63) is 64.7 Å². The normalized spacial score (nSPS) is 19.0. The Kier molecular flexibility index (Phi) is 4.14. The molecule has 1 aliphatic carbocycles. The molecule has 4 heteroatoms. The van der Waals surface area contributed by atoms with Crippen molar-refractivity contribution < 1.29 is 14.7 Å². The minimum Gasteiger partial charge on any atom is -0.478 e. The van der Waals surface area contributed by atoms with Gasteiger partial charge < -0.3 is 10.0 Å². The van der Waals surface area contributed by atoms with Gasteiger partial charge in [0, 0.05) is 13.0 Å². The van der Waals surface area contributed by atoms with E-state index in [2.05, 4.69) is 32.0 Å². The zero-order chi connectivity index (χ0) is 17.4. The first-order chi connectivity index (χ1) is 11.4. The molecule has 2 aromatic rings. The molecule has 0 aromatic heterocycles. The van der Waals surface area contributed by atoms with Gasteiger partial charge in [0.25, 0.3) is 0 Å². The molecule has 4 nitrogen and oxygen atoms in total. The Balaban J connectivity index is 1.79. The summed E-state index contributed by atoms with van der Waals surface area (Å²) in [7, 11) is 1.65.